The summed E-state index contributed by atoms with van der Waals surface area (Å²) in [6.45, 7) is 0. The first-order chi connectivity index (χ1) is 6.77. The molecule has 0 amide bonds. The van der Waals surface area contributed by atoms with Crippen LogP contribution in [0.25, 0.3) is 0 Å². The predicted octanol–water partition coefficient (Wildman–Crippen LogP) is 4.54. The third-order valence-electron chi connectivity index (χ3n) is 2.48. The Kier molecular flexibility index (Phi) is 3.15. The number of halogens is 2. The van der Waals surface area contributed by atoms with Crippen molar-refractivity contribution in [1.29, 1.82) is 0 Å². The Morgan fingerprint density at radius 1 is 1.21 bits per heavy atom. The van der Waals surface area contributed by atoms with Crippen LogP contribution in [0.4, 0.5) is 0 Å². The molecule has 1 radical (unpaired) electrons. The maximum Gasteiger partial charge on any atom is 0.0408 e. The number of benzene rings is 1. The number of rotatable bonds is 1. The lowest BCUT2D eigenvalue weighted by molar-refractivity contribution is 0.703. The van der Waals surface area contributed by atoms with Crippen molar-refractivity contribution < 1.29 is 0 Å². The van der Waals surface area contributed by atoms with Crippen LogP contribution in [0.2, 0.25) is 5.02 Å². The van der Waals surface area contributed by atoms with E-state index in [4.69, 9.17) is 23.2 Å². The lowest BCUT2D eigenvalue weighted by Crippen LogP contribution is -2.03. The average molecular weight is 226 g/mol. The van der Waals surface area contributed by atoms with Crippen molar-refractivity contribution in [1.82, 2.24) is 0 Å². The van der Waals surface area contributed by atoms with E-state index in [9.17, 15) is 0 Å². The summed E-state index contributed by atoms with van der Waals surface area (Å²) in [6, 6.07) is 7.93. The number of hydrogen-bond acceptors (Lipinski definition) is 0. The Morgan fingerprint density at radius 3 is 2.79 bits per heavy atom. The summed E-state index contributed by atoms with van der Waals surface area (Å²) in [5.74, 6) is 0.334. The Bertz CT molecular complexity index is 355. The summed E-state index contributed by atoms with van der Waals surface area (Å²) >= 11 is 12.1. The van der Waals surface area contributed by atoms with Gasteiger partial charge in [0, 0.05) is 16.0 Å². The molecular formula is C12H11Cl2. The van der Waals surface area contributed by atoms with Gasteiger partial charge in [-0.1, -0.05) is 41.4 Å². The topological polar surface area (TPSA) is 0 Å². The molecule has 73 valence electrons. The smallest absolute Gasteiger partial charge is 0.0408 e. The second kappa shape index (κ2) is 4.37. The highest BCUT2D eigenvalue weighted by atomic mass is 35.5. The van der Waals surface area contributed by atoms with E-state index < -0.39 is 0 Å². The molecule has 14 heavy (non-hydrogen) atoms. The zero-order valence-corrected chi connectivity index (χ0v) is 9.22. The predicted molar refractivity (Wildman–Crippen MR) is 61.7 cm³/mol. The van der Waals surface area contributed by atoms with Gasteiger partial charge in [-0.25, -0.2) is 0 Å². The molecule has 1 aliphatic carbocycles. The summed E-state index contributed by atoms with van der Waals surface area (Å²) in [4.78, 5) is 0. The van der Waals surface area contributed by atoms with Crippen molar-refractivity contribution in [2.75, 3.05) is 0 Å². The maximum atomic E-state index is 6.16. The van der Waals surface area contributed by atoms with E-state index >= 15 is 0 Å². The fraction of sp³-hybridized carbons (Fsp3) is 0.250. The van der Waals surface area contributed by atoms with Crippen LogP contribution >= 0.6 is 23.2 Å². The molecule has 0 N–H and O–H groups in total. The first-order valence-corrected chi connectivity index (χ1v) is 5.47. The maximum absolute atomic E-state index is 6.16. The lowest BCUT2D eigenvalue weighted by atomic mass is 9.89. The van der Waals surface area contributed by atoms with Gasteiger partial charge in [0.25, 0.3) is 0 Å². The van der Waals surface area contributed by atoms with E-state index in [1.807, 2.05) is 24.3 Å². The van der Waals surface area contributed by atoms with Gasteiger partial charge in [-0.2, -0.15) is 0 Å². The zero-order valence-electron chi connectivity index (χ0n) is 7.71. The van der Waals surface area contributed by atoms with Gasteiger partial charge in [-0.3, -0.25) is 0 Å². The molecule has 0 saturated heterocycles. The summed E-state index contributed by atoms with van der Waals surface area (Å²) in [7, 11) is 0. The van der Waals surface area contributed by atoms with Gasteiger partial charge in [0.15, 0.2) is 0 Å². The minimum Gasteiger partial charge on any atom is -0.0888 e. The largest absolute Gasteiger partial charge is 0.0888 e. The molecule has 0 aromatic heterocycles. The molecule has 1 aromatic rings. The van der Waals surface area contributed by atoms with Gasteiger partial charge < -0.3 is 0 Å². The molecule has 0 nitrogen and oxygen atoms in total. The first-order valence-electron chi connectivity index (χ1n) is 4.72. The van der Waals surface area contributed by atoms with Gasteiger partial charge in [0.2, 0.25) is 0 Å². The third kappa shape index (κ3) is 2.13. The zero-order chi connectivity index (χ0) is 9.97. The van der Waals surface area contributed by atoms with Gasteiger partial charge >= 0.3 is 0 Å². The van der Waals surface area contributed by atoms with E-state index in [-0.39, 0.29) is 0 Å². The average Bonchev–Trinajstić information content (AvgIpc) is 2.18. The van der Waals surface area contributed by atoms with E-state index in [2.05, 4.69) is 12.5 Å². The first kappa shape index (κ1) is 10.1. The minimum absolute atomic E-state index is 0.334. The molecule has 2 heteroatoms. The minimum atomic E-state index is 0.334. The highest BCUT2D eigenvalue weighted by Crippen LogP contribution is 2.36. The number of allylic oxidation sites excluding steroid dienone is 2. The molecule has 0 spiro atoms. The van der Waals surface area contributed by atoms with Gasteiger partial charge in [-0.05, 0) is 37.0 Å². The van der Waals surface area contributed by atoms with Crippen molar-refractivity contribution in [2.24, 2.45) is 0 Å². The van der Waals surface area contributed by atoms with Gasteiger partial charge in [0.05, 0.1) is 0 Å². The van der Waals surface area contributed by atoms with Crippen molar-refractivity contribution in [2.45, 2.75) is 18.8 Å². The molecule has 0 aliphatic heterocycles. The Balaban J connectivity index is 2.30. The molecular weight excluding hydrogens is 215 g/mol. The van der Waals surface area contributed by atoms with E-state index in [0.29, 0.717) is 5.92 Å². The van der Waals surface area contributed by atoms with E-state index in [0.717, 1.165) is 22.9 Å². The van der Waals surface area contributed by atoms with Crippen molar-refractivity contribution >= 4 is 23.2 Å². The second-order valence-electron chi connectivity index (χ2n) is 3.47. The van der Waals surface area contributed by atoms with Crippen LogP contribution in [0, 0.1) is 6.42 Å². The molecule has 2 rings (SSSR count). The van der Waals surface area contributed by atoms with Crippen LogP contribution in [-0.4, -0.2) is 0 Å². The normalized spacial score (nSPS) is 21.9. The Labute approximate surface area is 94.5 Å². The Morgan fingerprint density at radius 2 is 2.07 bits per heavy atom. The van der Waals surface area contributed by atoms with E-state index in [1.54, 1.807) is 0 Å². The number of hydrogen-bond donors (Lipinski definition) is 0. The molecule has 0 saturated carbocycles. The quantitative estimate of drug-likeness (QED) is 0.659. The van der Waals surface area contributed by atoms with E-state index in [1.165, 1.54) is 5.56 Å². The fourth-order valence-corrected chi connectivity index (χ4v) is 2.28. The standard InChI is InChI=1S/C12H11Cl2/c13-10-5-3-4-9(8-10)11-6-1-2-7-12(11)14/h2-5,7-8,11H,1,6H2. The summed E-state index contributed by atoms with van der Waals surface area (Å²) in [5, 5.41) is 1.69. The van der Waals surface area contributed by atoms with Crippen LogP contribution in [-0.2, 0) is 0 Å². The molecule has 0 fully saturated rings. The lowest BCUT2D eigenvalue weighted by Gasteiger charge is -2.20. The summed E-state index contributed by atoms with van der Waals surface area (Å²) < 4.78 is 0. The molecule has 0 heterocycles. The summed E-state index contributed by atoms with van der Waals surface area (Å²) in [6.07, 6.45) is 6.28. The Hall–Kier alpha value is -0.460. The van der Waals surface area contributed by atoms with Crippen molar-refractivity contribution in [3.05, 3.63) is 52.4 Å². The van der Waals surface area contributed by atoms with Crippen molar-refractivity contribution in [3.63, 3.8) is 0 Å². The monoisotopic (exact) mass is 225 g/mol. The highest BCUT2D eigenvalue weighted by Gasteiger charge is 2.18. The van der Waals surface area contributed by atoms with Crippen LogP contribution in [0.3, 0.4) is 0 Å². The van der Waals surface area contributed by atoms with Crippen molar-refractivity contribution in [3.8, 4) is 0 Å². The fourth-order valence-electron chi connectivity index (χ4n) is 1.76. The van der Waals surface area contributed by atoms with Gasteiger partial charge in [0.1, 0.15) is 0 Å². The highest BCUT2D eigenvalue weighted by molar-refractivity contribution is 6.31. The molecule has 1 aliphatic rings. The molecule has 0 bridgehead atoms. The molecule has 1 atom stereocenters. The van der Waals surface area contributed by atoms with Crippen LogP contribution < -0.4 is 0 Å². The van der Waals surface area contributed by atoms with Crippen LogP contribution in [0.15, 0.2) is 35.4 Å². The van der Waals surface area contributed by atoms with Crippen LogP contribution in [0.5, 0.6) is 0 Å². The van der Waals surface area contributed by atoms with Gasteiger partial charge in [-0.15, -0.1) is 0 Å². The summed E-state index contributed by atoms with van der Waals surface area (Å²) in [5.41, 5.74) is 1.21. The molecule has 1 aromatic carbocycles. The third-order valence-corrected chi connectivity index (χ3v) is 3.11. The van der Waals surface area contributed by atoms with Crippen LogP contribution in [0.1, 0.15) is 24.3 Å². The molecule has 1 unspecified atom stereocenters. The second-order valence-corrected chi connectivity index (χ2v) is 4.35. The SMILES string of the molecule is ClC1=C[CH]CCC1c1cccc(Cl)c1.